The molecular formula is C25H22O. The van der Waals surface area contributed by atoms with Crippen LogP contribution in [-0.2, 0) is 12.8 Å². The predicted molar refractivity (Wildman–Crippen MR) is 108 cm³/mol. The van der Waals surface area contributed by atoms with Crippen LogP contribution in [0.15, 0.2) is 96.6 Å². The van der Waals surface area contributed by atoms with Crippen LogP contribution >= 0.6 is 0 Å². The molecule has 0 heterocycles. The van der Waals surface area contributed by atoms with Crippen molar-refractivity contribution in [3.8, 4) is 17.6 Å². The van der Waals surface area contributed by atoms with Gasteiger partial charge in [0.05, 0.1) is 0 Å². The van der Waals surface area contributed by atoms with Crippen molar-refractivity contribution in [2.45, 2.75) is 19.3 Å². The summed E-state index contributed by atoms with van der Waals surface area (Å²) in [5, 5.41) is 9.40. The molecule has 0 aliphatic heterocycles. The second kappa shape index (κ2) is 9.30. The molecule has 3 aromatic carbocycles. The van der Waals surface area contributed by atoms with E-state index < -0.39 is 0 Å². The van der Waals surface area contributed by atoms with Gasteiger partial charge in [-0.3, -0.25) is 0 Å². The third kappa shape index (κ3) is 5.69. The summed E-state index contributed by atoms with van der Waals surface area (Å²) >= 11 is 0. The molecule has 0 aliphatic rings. The van der Waals surface area contributed by atoms with Crippen LogP contribution in [0.1, 0.15) is 23.1 Å². The average molecular weight is 338 g/mol. The second-order valence-corrected chi connectivity index (χ2v) is 6.20. The Bertz CT molecular complexity index is 895. The lowest BCUT2D eigenvalue weighted by molar-refractivity contribution is 0.475. The van der Waals surface area contributed by atoms with Crippen molar-refractivity contribution in [2.24, 2.45) is 0 Å². The molecule has 0 aromatic heterocycles. The number of aryl methyl sites for hydroxylation is 1. The Morgan fingerprint density at radius 3 is 2.04 bits per heavy atom. The zero-order valence-corrected chi connectivity index (χ0v) is 14.7. The number of aromatic hydroxyl groups is 1. The van der Waals surface area contributed by atoms with E-state index in [1.807, 2.05) is 24.3 Å². The second-order valence-electron chi connectivity index (χ2n) is 6.20. The minimum Gasteiger partial charge on any atom is -0.508 e. The van der Waals surface area contributed by atoms with E-state index in [1.54, 1.807) is 12.1 Å². The van der Waals surface area contributed by atoms with Gasteiger partial charge >= 0.3 is 0 Å². The van der Waals surface area contributed by atoms with Gasteiger partial charge in [-0.25, -0.2) is 0 Å². The first kappa shape index (κ1) is 17.6. The quantitative estimate of drug-likeness (QED) is 0.605. The highest BCUT2D eigenvalue weighted by Crippen LogP contribution is 2.12. The Morgan fingerprint density at radius 1 is 0.769 bits per heavy atom. The lowest BCUT2D eigenvalue weighted by Gasteiger charge is -2.03. The Kier molecular flexibility index (Phi) is 6.29. The lowest BCUT2D eigenvalue weighted by Crippen LogP contribution is -1.90. The Balaban J connectivity index is 1.75. The van der Waals surface area contributed by atoms with Gasteiger partial charge in [0.2, 0.25) is 0 Å². The predicted octanol–water partition coefficient (Wildman–Crippen LogP) is 5.55. The molecule has 3 rings (SSSR count). The number of phenolic OH excluding ortho intramolecular Hbond substituents is 1. The standard InChI is InChI=1S/C25H22O/c26-25-19-17-24(18-20-25)16-15-23(13-11-21-7-3-1-4-8-21)14-12-22-9-5-2-6-10-22/h1-10,13,17-20,26H,11-12,14H2. The van der Waals surface area contributed by atoms with Gasteiger partial charge in [0, 0.05) is 5.56 Å². The van der Waals surface area contributed by atoms with Gasteiger partial charge in [0.1, 0.15) is 5.75 Å². The summed E-state index contributed by atoms with van der Waals surface area (Å²) in [5.41, 5.74) is 4.67. The van der Waals surface area contributed by atoms with E-state index in [-0.39, 0.29) is 5.75 Å². The molecule has 26 heavy (non-hydrogen) atoms. The summed E-state index contributed by atoms with van der Waals surface area (Å²) in [6.07, 6.45) is 5.01. The first-order valence-electron chi connectivity index (χ1n) is 8.87. The minimum absolute atomic E-state index is 0.263. The highest BCUT2D eigenvalue weighted by molar-refractivity contribution is 5.43. The summed E-state index contributed by atoms with van der Waals surface area (Å²) in [6, 6.07) is 28.0. The topological polar surface area (TPSA) is 20.2 Å². The number of hydrogen-bond donors (Lipinski definition) is 1. The van der Waals surface area contributed by atoms with Crippen LogP contribution in [0.2, 0.25) is 0 Å². The van der Waals surface area contributed by atoms with Crippen molar-refractivity contribution < 1.29 is 5.11 Å². The van der Waals surface area contributed by atoms with Crippen molar-refractivity contribution >= 4 is 0 Å². The van der Waals surface area contributed by atoms with E-state index in [0.29, 0.717) is 0 Å². The van der Waals surface area contributed by atoms with Gasteiger partial charge in [0.25, 0.3) is 0 Å². The summed E-state index contributed by atoms with van der Waals surface area (Å²) in [6.45, 7) is 0. The van der Waals surface area contributed by atoms with Gasteiger partial charge in [-0.15, -0.1) is 0 Å². The van der Waals surface area contributed by atoms with Crippen LogP contribution < -0.4 is 0 Å². The first-order valence-corrected chi connectivity index (χ1v) is 8.87. The molecule has 3 aromatic rings. The summed E-state index contributed by atoms with van der Waals surface area (Å²) in [7, 11) is 0. The van der Waals surface area contributed by atoms with Crippen molar-refractivity contribution in [2.75, 3.05) is 0 Å². The molecule has 0 radical (unpaired) electrons. The van der Waals surface area contributed by atoms with E-state index >= 15 is 0 Å². The fraction of sp³-hybridized carbons (Fsp3) is 0.120. The SMILES string of the molecule is Oc1ccc(C#CC(=CCc2ccccc2)CCc2ccccc2)cc1. The van der Waals surface area contributed by atoms with Gasteiger partial charge in [-0.2, -0.15) is 0 Å². The Hall–Kier alpha value is -3.24. The molecule has 1 nitrogen and oxygen atoms in total. The summed E-state index contributed by atoms with van der Waals surface area (Å²) in [4.78, 5) is 0. The number of phenols is 1. The van der Waals surface area contributed by atoms with Gasteiger partial charge in [-0.05, 0) is 60.2 Å². The monoisotopic (exact) mass is 338 g/mol. The van der Waals surface area contributed by atoms with Crippen molar-refractivity contribution in [1.29, 1.82) is 0 Å². The van der Waals surface area contributed by atoms with E-state index in [0.717, 1.165) is 30.4 Å². The van der Waals surface area contributed by atoms with Gasteiger partial charge in [0.15, 0.2) is 0 Å². The lowest BCUT2D eigenvalue weighted by atomic mass is 10.0. The molecule has 1 heteroatoms. The molecule has 0 fully saturated rings. The van der Waals surface area contributed by atoms with Crippen LogP contribution in [0.4, 0.5) is 0 Å². The minimum atomic E-state index is 0.263. The van der Waals surface area contributed by atoms with Crippen LogP contribution in [0.25, 0.3) is 0 Å². The summed E-state index contributed by atoms with van der Waals surface area (Å²) < 4.78 is 0. The van der Waals surface area contributed by atoms with Crippen LogP contribution in [-0.4, -0.2) is 5.11 Å². The smallest absolute Gasteiger partial charge is 0.115 e. The molecule has 0 unspecified atom stereocenters. The Labute approximate surface area is 155 Å². The van der Waals surface area contributed by atoms with E-state index in [1.165, 1.54) is 11.1 Å². The van der Waals surface area contributed by atoms with E-state index in [4.69, 9.17) is 0 Å². The molecule has 0 saturated carbocycles. The zero-order valence-electron chi connectivity index (χ0n) is 14.7. The van der Waals surface area contributed by atoms with Gasteiger partial charge < -0.3 is 5.11 Å². The third-order valence-electron chi connectivity index (χ3n) is 4.19. The van der Waals surface area contributed by atoms with Crippen LogP contribution in [0, 0.1) is 11.8 Å². The molecule has 128 valence electrons. The maximum atomic E-state index is 9.40. The maximum Gasteiger partial charge on any atom is 0.115 e. The molecule has 0 bridgehead atoms. The fourth-order valence-electron chi connectivity index (χ4n) is 2.69. The normalized spacial score (nSPS) is 10.8. The van der Waals surface area contributed by atoms with Crippen molar-refractivity contribution in [1.82, 2.24) is 0 Å². The maximum absolute atomic E-state index is 9.40. The Morgan fingerprint density at radius 2 is 1.38 bits per heavy atom. The largest absolute Gasteiger partial charge is 0.508 e. The molecule has 1 N–H and O–H groups in total. The number of rotatable bonds is 5. The van der Waals surface area contributed by atoms with E-state index in [9.17, 15) is 5.11 Å². The van der Waals surface area contributed by atoms with Crippen molar-refractivity contribution in [3.63, 3.8) is 0 Å². The first-order chi connectivity index (χ1) is 12.8. The molecule has 0 spiro atoms. The average Bonchev–Trinajstić information content (AvgIpc) is 2.70. The molecule has 0 saturated heterocycles. The molecule has 0 aliphatic carbocycles. The van der Waals surface area contributed by atoms with Crippen molar-refractivity contribution in [3.05, 3.63) is 113 Å². The third-order valence-corrected chi connectivity index (χ3v) is 4.19. The zero-order chi connectivity index (χ0) is 18.0. The number of benzene rings is 3. The summed E-state index contributed by atoms with van der Waals surface area (Å²) in [5.74, 6) is 6.80. The fourth-order valence-corrected chi connectivity index (χ4v) is 2.69. The molecule has 0 atom stereocenters. The van der Waals surface area contributed by atoms with Crippen LogP contribution in [0.3, 0.4) is 0 Å². The number of hydrogen-bond acceptors (Lipinski definition) is 1. The highest BCUT2D eigenvalue weighted by Gasteiger charge is 1.98. The highest BCUT2D eigenvalue weighted by atomic mass is 16.3. The van der Waals surface area contributed by atoms with Crippen LogP contribution in [0.5, 0.6) is 5.75 Å². The molecule has 0 amide bonds. The number of allylic oxidation sites excluding steroid dienone is 2. The molecular weight excluding hydrogens is 316 g/mol. The van der Waals surface area contributed by atoms with E-state index in [2.05, 4.69) is 66.4 Å². The van der Waals surface area contributed by atoms with Gasteiger partial charge in [-0.1, -0.05) is 78.6 Å².